The number of amides is 2. The van der Waals surface area contributed by atoms with Gasteiger partial charge < -0.3 is 4.74 Å². The third-order valence-corrected chi connectivity index (χ3v) is 3.29. The first-order chi connectivity index (χ1) is 10.7. The molecule has 0 aliphatic carbocycles. The molecule has 1 rings (SSSR count). The molecular weight excluding hydrogens is 296 g/mol. The van der Waals surface area contributed by atoms with Gasteiger partial charge in [0.15, 0.2) is 0 Å². The predicted octanol–water partition coefficient (Wildman–Crippen LogP) is 2.48. The first-order valence-corrected chi connectivity index (χ1v) is 7.47. The molecular formula is C17H26N2O4. The van der Waals surface area contributed by atoms with Crippen molar-refractivity contribution in [2.24, 2.45) is 0 Å². The van der Waals surface area contributed by atoms with Gasteiger partial charge in [0.2, 0.25) is 0 Å². The number of likely N-dealkylation sites (N-methyl/N-ethyl adjacent to an activating group) is 2. The fraction of sp³-hybridized carbons (Fsp3) is 0.529. The van der Waals surface area contributed by atoms with Crippen LogP contribution in [0.15, 0.2) is 30.3 Å². The fourth-order valence-electron chi connectivity index (χ4n) is 1.99. The largest absolute Gasteiger partial charge is 0.444 e. The highest BCUT2D eigenvalue weighted by molar-refractivity contribution is 5.85. The van der Waals surface area contributed by atoms with Gasteiger partial charge in [0.1, 0.15) is 11.6 Å². The van der Waals surface area contributed by atoms with Crippen LogP contribution in [0.3, 0.4) is 0 Å². The molecule has 0 aromatic heterocycles. The maximum absolute atomic E-state index is 12.5. The van der Waals surface area contributed by atoms with Crippen LogP contribution in [0.2, 0.25) is 0 Å². The molecule has 2 amide bonds. The van der Waals surface area contributed by atoms with Gasteiger partial charge >= 0.3 is 6.09 Å². The Bertz CT molecular complexity index is 525. The zero-order valence-electron chi connectivity index (χ0n) is 14.7. The normalized spacial score (nSPS) is 12.4. The first kappa shape index (κ1) is 19.0. The van der Waals surface area contributed by atoms with Crippen molar-refractivity contribution >= 4 is 12.0 Å². The van der Waals surface area contributed by atoms with Crippen LogP contribution >= 0.6 is 0 Å². The van der Waals surface area contributed by atoms with E-state index in [2.05, 4.69) is 0 Å². The Balaban J connectivity index is 2.98. The highest BCUT2D eigenvalue weighted by atomic mass is 16.7. The third kappa shape index (κ3) is 5.90. The van der Waals surface area contributed by atoms with Crippen molar-refractivity contribution in [3.8, 4) is 0 Å². The summed E-state index contributed by atoms with van der Waals surface area (Å²) in [6.45, 7) is 5.36. The number of carbonyl (C=O) groups is 2. The molecule has 6 nitrogen and oxygen atoms in total. The highest BCUT2D eigenvalue weighted by Crippen LogP contribution is 2.15. The van der Waals surface area contributed by atoms with Gasteiger partial charge in [0.05, 0.1) is 7.11 Å². The minimum absolute atomic E-state index is 0.315. The number of benzene rings is 1. The van der Waals surface area contributed by atoms with Crippen molar-refractivity contribution in [2.45, 2.75) is 38.8 Å². The van der Waals surface area contributed by atoms with Gasteiger partial charge in [-0.05, 0) is 26.3 Å². The monoisotopic (exact) mass is 322 g/mol. The Morgan fingerprint density at radius 3 is 2.17 bits per heavy atom. The smallest absolute Gasteiger partial charge is 0.410 e. The Hall–Kier alpha value is -2.08. The molecule has 0 aliphatic heterocycles. The van der Waals surface area contributed by atoms with Crippen LogP contribution in [-0.2, 0) is 20.8 Å². The van der Waals surface area contributed by atoms with E-state index >= 15 is 0 Å². The predicted molar refractivity (Wildman–Crippen MR) is 87.7 cm³/mol. The minimum atomic E-state index is -0.711. The molecule has 128 valence electrons. The maximum Gasteiger partial charge on any atom is 0.410 e. The molecule has 0 N–H and O–H groups in total. The van der Waals surface area contributed by atoms with Crippen LogP contribution in [0.4, 0.5) is 4.79 Å². The standard InChI is InChI=1S/C17H26N2O4/c1-17(2,3)23-16(21)18(4)14(15(20)19(5)22-6)12-13-10-8-7-9-11-13/h7-11,14H,12H2,1-6H3. The molecule has 6 heteroatoms. The van der Waals surface area contributed by atoms with Gasteiger partial charge in [0.25, 0.3) is 5.91 Å². The average molecular weight is 322 g/mol. The van der Waals surface area contributed by atoms with Gasteiger partial charge in [-0.1, -0.05) is 30.3 Å². The van der Waals surface area contributed by atoms with Crippen LogP contribution in [0, 0.1) is 0 Å². The molecule has 1 aromatic carbocycles. The lowest BCUT2D eigenvalue weighted by molar-refractivity contribution is -0.173. The summed E-state index contributed by atoms with van der Waals surface area (Å²) in [5.41, 5.74) is 0.324. The number of hydrogen-bond acceptors (Lipinski definition) is 4. The SMILES string of the molecule is CON(C)C(=O)C(Cc1ccccc1)N(C)C(=O)OC(C)(C)C. The minimum Gasteiger partial charge on any atom is -0.444 e. The van der Waals surface area contributed by atoms with Crippen LogP contribution in [0.5, 0.6) is 0 Å². The molecule has 23 heavy (non-hydrogen) atoms. The Morgan fingerprint density at radius 2 is 1.70 bits per heavy atom. The second-order valence-electron chi connectivity index (χ2n) is 6.32. The van der Waals surface area contributed by atoms with Gasteiger partial charge in [-0.2, -0.15) is 0 Å². The number of ether oxygens (including phenoxy) is 1. The molecule has 1 atom stereocenters. The van der Waals surface area contributed by atoms with E-state index in [1.807, 2.05) is 30.3 Å². The van der Waals surface area contributed by atoms with Crippen LogP contribution in [-0.4, -0.2) is 54.8 Å². The van der Waals surface area contributed by atoms with Gasteiger partial charge in [-0.3, -0.25) is 14.5 Å². The van der Waals surface area contributed by atoms with Crippen molar-refractivity contribution in [1.29, 1.82) is 0 Å². The number of nitrogens with zero attached hydrogens (tertiary/aromatic N) is 2. The van der Waals surface area contributed by atoms with E-state index in [0.29, 0.717) is 6.42 Å². The van der Waals surface area contributed by atoms with Crippen molar-refractivity contribution in [1.82, 2.24) is 9.96 Å². The quantitative estimate of drug-likeness (QED) is 0.782. The lowest BCUT2D eigenvalue weighted by atomic mass is 10.0. The number of carbonyl (C=O) groups excluding carboxylic acids is 2. The average Bonchev–Trinajstić information content (AvgIpc) is 2.49. The second kappa shape index (κ2) is 7.97. The van der Waals surface area contributed by atoms with Crippen molar-refractivity contribution in [3.05, 3.63) is 35.9 Å². The summed E-state index contributed by atoms with van der Waals surface area (Å²) in [5, 5.41) is 1.12. The molecule has 0 heterocycles. The molecule has 0 aliphatic rings. The zero-order valence-corrected chi connectivity index (χ0v) is 14.7. The van der Waals surface area contributed by atoms with E-state index in [4.69, 9.17) is 9.57 Å². The lowest BCUT2D eigenvalue weighted by Crippen LogP contribution is -2.50. The van der Waals surface area contributed by atoms with Gasteiger partial charge in [0, 0.05) is 20.5 Å². The Kier molecular flexibility index (Phi) is 6.57. The van der Waals surface area contributed by atoms with Crippen LogP contribution < -0.4 is 0 Å². The van der Waals surface area contributed by atoms with Gasteiger partial charge in [-0.15, -0.1) is 0 Å². The van der Waals surface area contributed by atoms with E-state index in [9.17, 15) is 9.59 Å². The molecule has 0 radical (unpaired) electrons. The summed E-state index contributed by atoms with van der Waals surface area (Å²) >= 11 is 0. The van der Waals surface area contributed by atoms with Crippen LogP contribution in [0.25, 0.3) is 0 Å². The summed E-state index contributed by atoms with van der Waals surface area (Å²) < 4.78 is 5.36. The molecule has 0 spiro atoms. The maximum atomic E-state index is 12.5. The van der Waals surface area contributed by atoms with E-state index < -0.39 is 17.7 Å². The van der Waals surface area contributed by atoms with E-state index in [0.717, 1.165) is 10.6 Å². The van der Waals surface area contributed by atoms with Crippen molar-refractivity contribution in [3.63, 3.8) is 0 Å². The summed E-state index contributed by atoms with van der Waals surface area (Å²) in [5.74, 6) is -0.315. The lowest BCUT2D eigenvalue weighted by Gasteiger charge is -2.31. The second-order valence-corrected chi connectivity index (χ2v) is 6.32. The molecule has 1 unspecified atom stereocenters. The zero-order chi connectivity index (χ0) is 17.6. The number of hydroxylamine groups is 2. The van der Waals surface area contributed by atoms with Crippen molar-refractivity contribution < 1.29 is 19.2 Å². The Morgan fingerprint density at radius 1 is 1.13 bits per heavy atom. The first-order valence-electron chi connectivity index (χ1n) is 7.47. The highest BCUT2D eigenvalue weighted by Gasteiger charge is 2.32. The number of hydrogen-bond donors (Lipinski definition) is 0. The molecule has 0 bridgehead atoms. The third-order valence-electron chi connectivity index (χ3n) is 3.29. The Labute approximate surface area is 137 Å². The molecule has 0 saturated heterocycles. The molecule has 1 aromatic rings. The summed E-state index contributed by atoms with van der Waals surface area (Å²) in [7, 11) is 4.48. The van der Waals surface area contributed by atoms with Crippen LogP contribution in [0.1, 0.15) is 26.3 Å². The fourth-order valence-corrected chi connectivity index (χ4v) is 1.99. The van der Waals surface area contributed by atoms with E-state index in [-0.39, 0.29) is 5.91 Å². The van der Waals surface area contributed by atoms with Crippen molar-refractivity contribution in [2.75, 3.05) is 21.2 Å². The topological polar surface area (TPSA) is 59.1 Å². The summed E-state index contributed by atoms with van der Waals surface area (Å²) in [4.78, 5) is 31.1. The molecule has 0 fully saturated rings. The van der Waals surface area contributed by atoms with Gasteiger partial charge in [-0.25, -0.2) is 9.86 Å². The van der Waals surface area contributed by atoms with E-state index in [1.165, 1.54) is 19.1 Å². The summed E-state index contributed by atoms with van der Waals surface area (Å²) in [6, 6.07) is 8.80. The molecule has 0 saturated carbocycles. The summed E-state index contributed by atoms with van der Waals surface area (Å²) in [6.07, 6.45) is -0.167. The van der Waals surface area contributed by atoms with E-state index in [1.54, 1.807) is 27.8 Å². The number of rotatable bonds is 5.